The smallest absolute Gasteiger partial charge is 0.257 e. The molecule has 0 radical (unpaired) electrons. The van der Waals surface area contributed by atoms with Crippen molar-refractivity contribution in [3.05, 3.63) is 47.5 Å². The zero-order valence-electron chi connectivity index (χ0n) is 17.8. The lowest BCUT2D eigenvalue weighted by molar-refractivity contribution is 0.0742. The zero-order chi connectivity index (χ0) is 21.3. The summed E-state index contributed by atoms with van der Waals surface area (Å²) in [6.07, 6.45) is 0. The van der Waals surface area contributed by atoms with Gasteiger partial charge in [0, 0.05) is 26.2 Å². The Kier molecular flexibility index (Phi) is 5.81. The van der Waals surface area contributed by atoms with Crippen molar-refractivity contribution in [2.75, 3.05) is 45.3 Å². The lowest BCUT2D eigenvalue weighted by Crippen LogP contribution is -2.48. The molecule has 158 valence electrons. The number of fused-ring (bicyclic) bond motifs is 1. The normalized spacial score (nSPS) is 14.4. The van der Waals surface area contributed by atoms with E-state index in [1.54, 1.807) is 37.7 Å². The van der Waals surface area contributed by atoms with Crippen LogP contribution in [0.5, 0.6) is 11.5 Å². The standard InChI is InChI=1S/C23H27N3O3S/c1-15(2)16-7-6-10-19-20(16)24-23(30-19)26-13-11-25(12-14-26)22(27)17-8-5-9-18(28-3)21(17)29-4/h5-10,15H,11-14H2,1-4H3. The average molecular weight is 426 g/mol. The van der Waals surface area contributed by atoms with E-state index in [0.29, 0.717) is 36.1 Å². The molecule has 0 N–H and O–H groups in total. The van der Waals surface area contributed by atoms with Crippen LogP contribution in [0.4, 0.5) is 5.13 Å². The highest BCUT2D eigenvalue weighted by Crippen LogP contribution is 2.35. The molecule has 1 saturated heterocycles. The van der Waals surface area contributed by atoms with Crippen LogP contribution in [-0.4, -0.2) is 56.2 Å². The molecule has 7 heteroatoms. The fourth-order valence-electron chi connectivity index (χ4n) is 3.89. The number of anilines is 1. The quantitative estimate of drug-likeness (QED) is 0.606. The Hall–Kier alpha value is -2.80. The third-order valence-corrected chi connectivity index (χ3v) is 6.61. The lowest BCUT2D eigenvalue weighted by Gasteiger charge is -2.34. The molecule has 0 saturated carbocycles. The molecule has 1 aromatic heterocycles. The summed E-state index contributed by atoms with van der Waals surface area (Å²) in [5, 5.41) is 1.03. The first kappa shape index (κ1) is 20.5. The first-order valence-electron chi connectivity index (χ1n) is 10.2. The number of hydrogen-bond acceptors (Lipinski definition) is 6. The van der Waals surface area contributed by atoms with Crippen molar-refractivity contribution in [2.45, 2.75) is 19.8 Å². The Balaban J connectivity index is 1.50. The molecule has 6 nitrogen and oxygen atoms in total. The maximum Gasteiger partial charge on any atom is 0.257 e. The van der Waals surface area contributed by atoms with Crippen molar-refractivity contribution in [3.8, 4) is 11.5 Å². The number of carbonyl (C=O) groups excluding carboxylic acids is 1. The number of methoxy groups -OCH3 is 2. The number of hydrogen-bond donors (Lipinski definition) is 0. The van der Waals surface area contributed by atoms with Crippen LogP contribution in [0.2, 0.25) is 0 Å². The van der Waals surface area contributed by atoms with Crippen LogP contribution < -0.4 is 14.4 Å². The van der Waals surface area contributed by atoms with Gasteiger partial charge in [0.05, 0.1) is 30.0 Å². The highest BCUT2D eigenvalue weighted by molar-refractivity contribution is 7.22. The van der Waals surface area contributed by atoms with Gasteiger partial charge in [-0.05, 0) is 29.7 Å². The second-order valence-electron chi connectivity index (χ2n) is 7.67. The molecule has 3 aromatic rings. The number of carbonyl (C=O) groups is 1. The Morgan fingerprint density at radius 3 is 2.43 bits per heavy atom. The summed E-state index contributed by atoms with van der Waals surface area (Å²) in [5.41, 5.74) is 2.92. The van der Waals surface area contributed by atoms with Gasteiger partial charge in [0.25, 0.3) is 5.91 Å². The maximum atomic E-state index is 13.1. The average Bonchev–Trinajstić information content (AvgIpc) is 3.22. The van der Waals surface area contributed by atoms with Crippen LogP contribution in [0, 0.1) is 0 Å². The molecule has 1 amide bonds. The minimum Gasteiger partial charge on any atom is -0.493 e. The fourth-order valence-corrected chi connectivity index (χ4v) is 4.94. The van der Waals surface area contributed by atoms with Gasteiger partial charge in [-0.25, -0.2) is 4.98 Å². The van der Waals surface area contributed by atoms with Gasteiger partial charge in [-0.2, -0.15) is 0 Å². The molecule has 0 atom stereocenters. The molecule has 0 bridgehead atoms. The van der Waals surface area contributed by atoms with E-state index in [2.05, 4.69) is 36.9 Å². The zero-order valence-corrected chi connectivity index (χ0v) is 18.7. The predicted molar refractivity (Wildman–Crippen MR) is 121 cm³/mol. The highest BCUT2D eigenvalue weighted by atomic mass is 32.1. The number of benzene rings is 2. The van der Waals surface area contributed by atoms with Crippen LogP contribution in [0.15, 0.2) is 36.4 Å². The molecule has 2 heterocycles. The van der Waals surface area contributed by atoms with E-state index in [1.807, 2.05) is 11.0 Å². The summed E-state index contributed by atoms with van der Waals surface area (Å²) in [7, 11) is 3.14. The number of piperazine rings is 1. The van der Waals surface area contributed by atoms with Gasteiger partial charge in [0.1, 0.15) is 0 Å². The van der Waals surface area contributed by atoms with Gasteiger partial charge in [-0.15, -0.1) is 0 Å². The highest BCUT2D eigenvalue weighted by Gasteiger charge is 2.27. The van der Waals surface area contributed by atoms with Crippen LogP contribution in [0.1, 0.15) is 35.7 Å². The van der Waals surface area contributed by atoms with Gasteiger partial charge >= 0.3 is 0 Å². The lowest BCUT2D eigenvalue weighted by atomic mass is 10.0. The number of amides is 1. The minimum absolute atomic E-state index is 0.0307. The molecule has 1 fully saturated rings. The van der Waals surface area contributed by atoms with E-state index >= 15 is 0 Å². The van der Waals surface area contributed by atoms with Crippen LogP contribution >= 0.6 is 11.3 Å². The summed E-state index contributed by atoms with van der Waals surface area (Å²) < 4.78 is 12.0. The molecular formula is C23H27N3O3S. The second kappa shape index (κ2) is 8.52. The van der Waals surface area contributed by atoms with Gasteiger partial charge in [-0.1, -0.05) is 43.4 Å². The summed E-state index contributed by atoms with van der Waals surface area (Å²) in [6.45, 7) is 7.21. The monoisotopic (exact) mass is 425 g/mol. The molecule has 0 spiro atoms. The van der Waals surface area contributed by atoms with E-state index in [4.69, 9.17) is 14.5 Å². The van der Waals surface area contributed by atoms with Gasteiger partial charge in [0.2, 0.25) is 0 Å². The Labute approximate surface area is 181 Å². The third kappa shape index (κ3) is 3.69. The number of para-hydroxylation sites is 2. The Bertz CT molecular complexity index is 1060. The number of thiazole rings is 1. The Morgan fingerprint density at radius 1 is 1.03 bits per heavy atom. The van der Waals surface area contributed by atoms with Crippen molar-refractivity contribution >= 4 is 32.6 Å². The summed E-state index contributed by atoms with van der Waals surface area (Å²) >= 11 is 1.73. The van der Waals surface area contributed by atoms with E-state index < -0.39 is 0 Å². The molecule has 2 aromatic carbocycles. The fraction of sp³-hybridized carbons (Fsp3) is 0.391. The number of aromatic nitrogens is 1. The molecular weight excluding hydrogens is 398 g/mol. The van der Waals surface area contributed by atoms with Gasteiger partial charge in [0.15, 0.2) is 16.6 Å². The SMILES string of the molecule is COc1cccc(C(=O)N2CCN(c3nc4c(C(C)C)cccc4s3)CC2)c1OC. The van der Waals surface area contributed by atoms with Crippen molar-refractivity contribution < 1.29 is 14.3 Å². The molecule has 30 heavy (non-hydrogen) atoms. The van der Waals surface area contributed by atoms with Crippen LogP contribution in [-0.2, 0) is 0 Å². The molecule has 1 aliphatic heterocycles. The summed E-state index contributed by atoms with van der Waals surface area (Å²) in [4.78, 5) is 22.2. The van der Waals surface area contributed by atoms with Gasteiger partial charge < -0.3 is 19.3 Å². The van der Waals surface area contributed by atoms with E-state index in [9.17, 15) is 4.79 Å². The minimum atomic E-state index is -0.0307. The first-order valence-corrected chi connectivity index (χ1v) is 11.0. The van der Waals surface area contributed by atoms with Crippen molar-refractivity contribution in [3.63, 3.8) is 0 Å². The summed E-state index contributed by atoms with van der Waals surface area (Å²) in [6, 6.07) is 11.8. The first-order chi connectivity index (χ1) is 14.5. The van der Waals surface area contributed by atoms with Crippen molar-refractivity contribution in [1.29, 1.82) is 0 Å². The predicted octanol–water partition coefficient (Wildman–Crippen LogP) is 4.40. The number of rotatable bonds is 5. The largest absolute Gasteiger partial charge is 0.493 e. The molecule has 0 aliphatic carbocycles. The Morgan fingerprint density at radius 2 is 1.77 bits per heavy atom. The topological polar surface area (TPSA) is 54.9 Å². The maximum absolute atomic E-state index is 13.1. The van der Waals surface area contributed by atoms with Crippen LogP contribution in [0.3, 0.4) is 0 Å². The summed E-state index contributed by atoms with van der Waals surface area (Å²) in [5.74, 6) is 1.46. The van der Waals surface area contributed by atoms with E-state index in [0.717, 1.165) is 23.7 Å². The van der Waals surface area contributed by atoms with Gasteiger partial charge in [-0.3, -0.25) is 4.79 Å². The van der Waals surface area contributed by atoms with E-state index in [-0.39, 0.29) is 5.91 Å². The third-order valence-electron chi connectivity index (χ3n) is 5.53. The van der Waals surface area contributed by atoms with Crippen molar-refractivity contribution in [2.24, 2.45) is 0 Å². The molecule has 4 rings (SSSR count). The second-order valence-corrected chi connectivity index (χ2v) is 8.67. The van der Waals surface area contributed by atoms with Crippen LogP contribution in [0.25, 0.3) is 10.2 Å². The number of ether oxygens (including phenoxy) is 2. The molecule has 1 aliphatic rings. The van der Waals surface area contributed by atoms with Crippen molar-refractivity contribution in [1.82, 2.24) is 9.88 Å². The molecule has 0 unspecified atom stereocenters. The van der Waals surface area contributed by atoms with E-state index in [1.165, 1.54) is 10.3 Å². The number of nitrogens with zero attached hydrogens (tertiary/aromatic N) is 3.